The third kappa shape index (κ3) is 13.4. The van der Waals surface area contributed by atoms with Gasteiger partial charge in [0.2, 0.25) is 6.29 Å². The molecule has 0 amide bonds. The van der Waals surface area contributed by atoms with E-state index in [0.29, 0.717) is 13.0 Å². The maximum Gasteiger partial charge on any atom is 0.332 e. The molecule has 4 heteroatoms. The van der Waals surface area contributed by atoms with Gasteiger partial charge in [0, 0.05) is 19.1 Å². The predicted octanol–water partition coefficient (Wildman–Crippen LogP) is 2.93. The largest absolute Gasteiger partial charge is 0.433 e. The summed E-state index contributed by atoms with van der Waals surface area (Å²) >= 11 is 0. The number of esters is 1. The third-order valence-corrected chi connectivity index (χ3v) is 3.03. The predicted molar refractivity (Wildman–Crippen MR) is 75.6 cm³/mol. The third-order valence-electron chi connectivity index (χ3n) is 3.03. The highest BCUT2D eigenvalue weighted by atomic mass is 16.6. The molecule has 0 aliphatic carbocycles. The fourth-order valence-electron chi connectivity index (χ4n) is 1.91. The quantitative estimate of drug-likeness (QED) is 0.234. The Kier molecular flexibility index (Phi) is 12.9. The van der Waals surface area contributed by atoms with Gasteiger partial charge in [-0.3, -0.25) is 0 Å². The molecule has 0 saturated heterocycles. The van der Waals surface area contributed by atoms with Gasteiger partial charge in [0.25, 0.3) is 0 Å². The molecule has 112 valence electrons. The number of hydrogen-bond acceptors (Lipinski definition) is 4. The van der Waals surface area contributed by atoms with Crippen molar-refractivity contribution in [1.82, 2.24) is 0 Å². The van der Waals surface area contributed by atoms with Crippen molar-refractivity contribution < 1.29 is 19.7 Å². The van der Waals surface area contributed by atoms with E-state index >= 15 is 0 Å². The zero-order valence-corrected chi connectivity index (χ0v) is 11.9. The molecule has 0 spiro atoms. The van der Waals surface area contributed by atoms with Crippen molar-refractivity contribution in [2.24, 2.45) is 0 Å². The van der Waals surface area contributed by atoms with E-state index in [2.05, 4.69) is 11.3 Å². The van der Waals surface area contributed by atoms with E-state index in [1.165, 1.54) is 25.7 Å². The molecule has 0 heterocycles. The van der Waals surface area contributed by atoms with Crippen LogP contribution in [0, 0.1) is 0 Å². The standard InChI is InChI=1S/C15H28O4/c1-2-14(17)19-15(18)12-10-8-6-4-3-5-7-9-11-13-16/h2,15-16,18H,1,3-13H2. The van der Waals surface area contributed by atoms with Crippen LogP contribution in [0.3, 0.4) is 0 Å². The molecule has 0 saturated carbocycles. The van der Waals surface area contributed by atoms with E-state index in [1.54, 1.807) is 0 Å². The van der Waals surface area contributed by atoms with E-state index in [1.807, 2.05) is 0 Å². The summed E-state index contributed by atoms with van der Waals surface area (Å²) in [5.41, 5.74) is 0. The van der Waals surface area contributed by atoms with Crippen LogP contribution < -0.4 is 0 Å². The number of rotatable bonds is 13. The van der Waals surface area contributed by atoms with Crippen LogP contribution in [-0.4, -0.2) is 29.1 Å². The minimum absolute atomic E-state index is 0.304. The number of carbonyl (C=O) groups is 1. The van der Waals surface area contributed by atoms with Gasteiger partial charge in [-0.1, -0.05) is 51.5 Å². The van der Waals surface area contributed by atoms with Gasteiger partial charge in [0.05, 0.1) is 0 Å². The molecular formula is C15H28O4. The molecule has 0 rings (SSSR count). The maximum atomic E-state index is 10.8. The second-order valence-corrected chi connectivity index (χ2v) is 4.79. The van der Waals surface area contributed by atoms with Crippen molar-refractivity contribution in [2.75, 3.05) is 6.61 Å². The minimum Gasteiger partial charge on any atom is -0.433 e. The molecular weight excluding hydrogens is 244 g/mol. The fourth-order valence-corrected chi connectivity index (χ4v) is 1.91. The summed E-state index contributed by atoms with van der Waals surface area (Å²) < 4.78 is 4.66. The lowest BCUT2D eigenvalue weighted by Crippen LogP contribution is -2.15. The Balaban J connectivity index is 3.18. The summed E-state index contributed by atoms with van der Waals surface area (Å²) in [5.74, 6) is -0.574. The smallest absolute Gasteiger partial charge is 0.332 e. The van der Waals surface area contributed by atoms with Crippen LogP contribution in [-0.2, 0) is 9.53 Å². The second-order valence-electron chi connectivity index (χ2n) is 4.79. The molecule has 0 aliphatic heterocycles. The first-order valence-electron chi connectivity index (χ1n) is 7.32. The summed E-state index contributed by atoms with van der Waals surface area (Å²) in [6, 6.07) is 0. The molecule has 0 aromatic carbocycles. The first-order chi connectivity index (χ1) is 9.20. The summed E-state index contributed by atoms with van der Waals surface area (Å²) in [5, 5.41) is 18.0. The number of carbonyl (C=O) groups excluding carboxylic acids is 1. The van der Waals surface area contributed by atoms with Gasteiger partial charge in [-0.2, -0.15) is 0 Å². The molecule has 1 unspecified atom stereocenters. The Morgan fingerprint density at radius 3 is 1.95 bits per heavy atom. The summed E-state index contributed by atoms with van der Waals surface area (Å²) in [6.45, 7) is 3.58. The molecule has 0 radical (unpaired) electrons. The molecule has 1 atom stereocenters. The summed E-state index contributed by atoms with van der Waals surface area (Å²) in [6.07, 6.45) is 10.6. The highest BCUT2D eigenvalue weighted by Gasteiger charge is 2.07. The molecule has 0 bridgehead atoms. The maximum absolute atomic E-state index is 10.8. The van der Waals surface area contributed by atoms with Crippen molar-refractivity contribution in [3.63, 3.8) is 0 Å². The molecule has 4 nitrogen and oxygen atoms in total. The Hall–Kier alpha value is -0.870. The highest BCUT2D eigenvalue weighted by molar-refractivity contribution is 5.81. The first kappa shape index (κ1) is 18.1. The van der Waals surface area contributed by atoms with Gasteiger partial charge in [-0.25, -0.2) is 4.79 Å². The van der Waals surface area contributed by atoms with Gasteiger partial charge in [-0.15, -0.1) is 0 Å². The topological polar surface area (TPSA) is 66.8 Å². The molecule has 0 aromatic heterocycles. The Labute approximate surface area is 116 Å². The number of aliphatic hydroxyl groups is 2. The van der Waals surface area contributed by atoms with Crippen LogP contribution in [0.5, 0.6) is 0 Å². The second kappa shape index (κ2) is 13.6. The zero-order valence-electron chi connectivity index (χ0n) is 11.9. The number of hydrogen-bond donors (Lipinski definition) is 2. The molecule has 0 aliphatic rings. The summed E-state index contributed by atoms with van der Waals surface area (Å²) in [7, 11) is 0. The molecule has 0 fully saturated rings. The lowest BCUT2D eigenvalue weighted by atomic mass is 10.1. The normalized spacial score (nSPS) is 12.1. The Morgan fingerprint density at radius 1 is 1.00 bits per heavy atom. The van der Waals surface area contributed by atoms with Crippen molar-refractivity contribution >= 4 is 5.97 Å². The first-order valence-corrected chi connectivity index (χ1v) is 7.32. The van der Waals surface area contributed by atoms with Crippen LogP contribution in [0.1, 0.15) is 64.2 Å². The van der Waals surface area contributed by atoms with Crippen molar-refractivity contribution in [1.29, 1.82) is 0 Å². The number of aliphatic hydroxyl groups excluding tert-OH is 2. The van der Waals surface area contributed by atoms with Gasteiger partial charge >= 0.3 is 5.97 Å². The van der Waals surface area contributed by atoms with Crippen LogP contribution in [0.15, 0.2) is 12.7 Å². The van der Waals surface area contributed by atoms with E-state index in [9.17, 15) is 9.90 Å². The lowest BCUT2D eigenvalue weighted by molar-refractivity contribution is -0.162. The van der Waals surface area contributed by atoms with E-state index in [4.69, 9.17) is 5.11 Å². The number of ether oxygens (including phenoxy) is 1. The SMILES string of the molecule is C=CC(=O)OC(O)CCCCCCCCCCCO. The van der Waals surface area contributed by atoms with E-state index in [0.717, 1.165) is 38.2 Å². The van der Waals surface area contributed by atoms with Crippen LogP contribution in [0.4, 0.5) is 0 Å². The van der Waals surface area contributed by atoms with Crippen molar-refractivity contribution in [3.8, 4) is 0 Å². The Bertz CT molecular complexity index is 228. The molecule has 0 aromatic rings. The van der Waals surface area contributed by atoms with Gasteiger partial charge in [-0.05, 0) is 12.8 Å². The fraction of sp³-hybridized carbons (Fsp3) is 0.800. The zero-order chi connectivity index (χ0) is 14.3. The number of unbranched alkanes of at least 4 members (excludes halogenated alkanes) is 8. The van der Waals surface area contributed by atoms with Crippen LogP contribution in [0.25, 0.3) is 0 Å². The van der Waals surface area contributed by atoms with Crippen molar-refractivity contribution in [2.45, 2.75) is 70.5 Å². The van der Waals surface area contributed by atoms with Gasteiger partial charge in [0.1, 0.15) is 0 Å². The average molecular weight is 272 g/mol. The monoisotopic (exact) mass is 272 g/mol. The molecule has 19 heavy (non-hydrogen) atoms. The van der Waals surface area contributed by atoms with E-state index in [-0.39, 0.29) is 0 Å². The van der Waals surface area contributed by atoms with Gasteiger partial charge < -0.3 is 14.9 Å². The molecule has 2 N–H and O–H groups in total. The van der Waals surface area contributed by atoms with Crippen LogP contribution >= 0.6 is 0 Å². The highest BCUT2D eigenvalue weighted by Crippen LogP contribution is 2.11. The average Bonchev–Trinajstić information content (AvgIpc) is 2.40. The van der Waals surface area contributed by atoms with Crippen molar-refractivity contribution in [3.05, 3.63) is 12.7 Å². The van der Waals surface area contributed by atoms with E-state index < -0.39 is 12.3 Å². The van der Waals surface area contributed by atoms with Crippen LogP contribution in [0.2, 0.25) is 0 Å². The van der Waals surface area contributed by atoms with Gasteiger partial charge in [0.15, 0.2) is 0 Å². The minimum atomic E-state index is -0.996. The lowest BCUT2D eigenvalue weighted by Gasteiger charge is -2.10. The summed E-state index contributed by atoms with van der Waals surface area (Å²) in [4.78, 5) is 10.8. The Morgan fingerprint density at radius 2 is 1.47 bits per heavy atom.